The first-order valence-corrected chi connectivity index (χ1v) is 3.18. The average molecular weight is 98.0 g/mol. The third kappa shape index (κ3) is 2.72. The van der Waals surface area contributed by atoms with E-state index in [2.05, 4.69) is 27.6 Å². The molecule has 0 aromatic carbocycles. The van der Waals surface area contributed by atoms with Crippen LogP contribution in [0.15, 0.2) is 0 Å². The van der Waals surface area contributed by atoms with E-state index in [0.717, 1.165) is 12.5 Å². The van der Waals surface area contributed by atoms with Crippen LogP contribution in [0.5, 0.6) is 0 Å². The Bertz CT molecular complexity index is 41.4. The molecule has 0 aliphatic rings. The molecule has 0 saturated carbocycles. The Morgan fingerprint density at radius 2 is 1.86 bits per heavy atom. The van der Waals surface area contributed by atoms with Crippen molar-refractivity contribution in [2.45, 2.75) is 39.7 Å². The zero-order chi connectivity index (χ0) is 5.86. The molecular formula is C6H15B. The van der Waals surface area contributed by atoms with Crippen LogP contribution in [0.4, 0.5) is 0 Å². The highest BCUT2D eigenvalue weighted by Gasteiger charge is 2.06. The molecule has 0 unspecified atom stereocenters. The molecule has 0 radical (unpaired) electrons. The summed E-state index contributed by atoms with van der Waals surface area (Å²) in [6.45, 7) is 9.98. The average Bonchev–Trinajstić information content (AvgIpc) is 1.65. The second-order valence-corrected chi connectivity index (χ2v) is 2.63. The Kier molecular flexibility index (Phi) is 3.15. The number of hydrogen-bond acceptors (Lipinski definition) is 0. The lowest BCUT2D eigenvalue weighted by molar-refractivity contribution is 1.02. The lowest BCUT2D eigenvalue weighted by atomic mass is 9.42. The van der Waals surface area contributed by atoms with Crippen LogP contribution in [0, 0.1) is 0 Å². The molecule has 0 nitrogen and oxygen atoms in total. The van der Waals surface area contributed by atoms with Gasteiger partial charge in [0.25, 0.3) is 0 Å². The van der Waals surface area contributed by atoms with Crippen molar-refractivity contribution in [2.75, 3.05) is 0 Å². The van der Waals surface area contributed by atoms with Crippen LogP contribution >= 0.6 is 0 Å². The van der Waals surface area contributed by atoms with Crippen molar-refractivity contribution in [1.29, 1.82) is 0 Å². The summed E-state index contributed by atoms with van der Waals surface area (Å²) in [7, 11) is 0. The van der Waals surface area contributed by atoms with Crippen LogP contribution in [0.2, 0.25) is 19.0 Å². The molecule has 0 atom stereocenters. The van der Waals surface area contributed by atoms with Crippen LogP contribution in [0.3, 0.4) is 0 Å². The van der Waals surface area contributed by atoms with Crippen molar-refractivity contribution in [1.82, 2.24) is 0 Å². The second-order valence-electron chi connectivity index (χ2n) is 2.63. The summed E-state index contributed by atoms with van der Waals surface area (Å²) in [5.74, 6) is 0.866. The highest BCUT2D eigenvalue weighted by molar-refractivity contribution is 6.58. The van der Waals surface area contributed by atoms with Gasteiger partial charge in [0.2, 0.25) is 0 Å². The standard InChI is InChI=1S/C6H15B/c1-5-7(4)6(2)3/h6H,5H2,1-4H3. The first-order valence-electron chi connectivity index (χ1n) is 3.18. The fourth-order valence-electron chi connectivity index (χ4n) is 0.471. The van der Waals surface area contributed by atoms with E-state index in [1.54, 1.807) is 0 Å². The highest BCUT2D eigenvalue weighted by Crippen LogP contribution is 2.09. The molecule has 0 spiro atoms. The summed E-state index contributed by atoms with van der Waals surface area (Å²) in [4.78, 5) is 0. The number of hydrogen-bond donors (Lipinski definition) is 0. The molecule has 1 heteroatoms. The van der Waals surface area contributed by atoms with Gasteiger partial charge in [-0.15, -0.1) is 0 Å². The summed E-state index contributed by atoms with van der Waals surface area (Å²) in [6.07, 6.45) is 1.32. The minimum absolute atomic E-state index is 0.866. The van der Waals surface area contributed by atoms with Gasteiger partial charge in [-0.05, 0) is 0 Å². The predicted molar refractivity (Wildman–Crippen MR) is 37.2 cm³/mol. The smallest absolute Gasteiger partial charge is 0.0859 e. The summed E-state index contributed by atoms with van der Waals surface area (Å²) < 4.78 is 0. The van der Waals surface area contributed by atoms with Crippen molar-refractivity contribution < 1.29 is 0 Å². The predicted octanol–water partition coefficient (Wildman–Crippen LogP) is 2.54. The maximum atomic E-state index is 2.30. The first-order chi connectivity index (χ1) is 3.18. The zero-order valence-electron chi connectivity index (χ0n) is 5.86. The molecule has 0 aliphatic heterocycles. The van der Waals surface area contributed by atoms with Crippen LogP contribution in [0.1, 0.15) is 20.8 Å². The van der Waals surface area contributed by atoms with Crippen molar-refractivity contribution in [3.63, 3.8) is 0 Å². The van der Waals surface area contributed by atoms with Crippen molar-refractivity contribution in [2.24, 2.45) is 0 Å². The van der Waals surface area contributed by atoms with E-state index in [1.807, 2.05) is 0 Å². The Morgan fingerprint density at radius 3 is 1.86 bits per heavy atom. The summed E-state index contributed by atoms with van der Waals surface area (Å²) >= 11 is 0. The van der Waals surface area contributed by atoms with E-state index in [0.29, 0.717) is 0 Å². The third-order valence-corrected chi connectivity index (χ3v) is 1.78. The van der Waals surface area contributed by atoms with E-state index in [9.17, 15) is 0 Å². The molecule has 42 valence electrons. The van der Waals surface area contributed by atoms with E-state index in [4.69, 9.17) is 0 Å². The fraction of sp³-hybridized carbons (Fsp3) is 1.00. The topological polar surface area (TPSA) is 0 Å². The normalized spacial score (nSPS) is 9.86. The van der Waals surface area contributed by atoms with E-state index in [-0.39, 0.29) is 0 Å². The van der Waals surface area contributed by atoms with Crippen LogP contribution < -0.4 is 0 Å². The van der Waals surface area contributed by atoms with Crippen molar-refractivity contribution >= 4 is 6.71 Å². The minimum atomic E-state index is 0.866. The van der Waals surface area contributed by atoms with Gasteiger partial charge in [-0.1, -0.05) is 39.7 Å². The Labute approximate surface area is 47.4 Å². The SMILES string of the molecule is CCB(C)C(C)C. The second kappa shape index (κ2) is 3.12. The van der Waals surface area contributed by atoms with Gasteiger partial charge in [-0.3, -0.25) is 0 Å². The lowest BCUT2D eigenvalue weighted by Crippen LogP contribution is -2.08. The van der Waals surface area contributed by atoms with Gasteiger partial charge < -0.3 is 0 Å². The van der Waals surface area contributed by atoms with Gasteiger partial charge in [-0.2, -0.15) is 0 Å². The molecule has 7 heavy (non-hydrogen) atoms. The highest BCUT2D eigenvalue weighted by atomic mass is 13.8. The Hall–Kier alpha value is 0.0649. The third-order valence-electron chi connectivity index (χ3n) is 1.78. The van der Waals surface area contributed by atoms with Crippen LogP contribution in [0.25, 0.3) is 0 Å². The number of rotatable bonds is 2. The maximum Gasteiger partial charge on any atom is 0.139 e. The fourth-order valence-corrected chi connectivity index (χ4v) is 0.471. The van der Waals surface area contributed by atoms with Crippen LogP contribution in [-0.2, 0) is 0 Å². The molecule has 0 saturated heterocycles. The monoisotopic (exact) mass is 98.1 g/mol. The summed E-state index contributed by atoms with van der Waals surface area (Å²) in [6, 6.07) is 0. The molecule has 0 rings (SSSR count). The molecule has 0 aromatic heterocycles. The maximum absolute atomic E-state index is 2.30. The van der Waals surface area contributed by atoms with Gasteiger partial charge in [0.05, 0.1) is 0 Å². The molecule has 0 aliphatic carbocycles. The van der Waals surface area contributed by atoms with Gasteiger partial charge in [0.15, 0.2) is 0 Å². The van der Waals surface area contributed by atoms with E-state index < -0.39 is 0 Å². The largest absolute Gasteiger partial charge is 0.139 e. The van der Waals surface area contributed by atoms with Crippen molar-refractivity contribution in [3.8, 4) is 0 Å². The molecule has 0 N–H and O–H groups in total. The summed E-state index contributed by atoms with van der Waals surface area (Å²) in [5, 5.41) is 0. The van der Waals surface area contributed by atoms with Gasteiger partial charge in [0.1, 0.15) is 6.71 Å². The molecule has 0 fully saturated rings. The van der Waals surface area contributed by atoms with Gasteiger partial charge in [0, 0.05) is 0 Å². The quantitative estimate of drug-likeness (QED) is 0.465. The van der Waals surface area contributed by atoms with E-state index >= 15 is 0 Å². The molecule has 0 heterocycles. The summed E-state index contributed by atoms with van der Waals surface area (Å²) in [5.41, 5.74) is 0. The van der Waals surface area contributed by atoms with Gasteiger partial charge in [-0.25, -0.2) is 0 Å². The molecule has 0 bridgehead atoms. The molecule has 0 aromatic rings. The van der Waals surface area contributed by atoms with Crippen LogP contribution in [-0.4, -0.2) is 6.71 Å². The first kappa shape index (κ1) is 7.06. The molecule has 0 amide bonds. The Balaban J connectivity index is 3.14. The Morgan fingerprint density at radius 1 is 1.43 bits per heavy atom. The molecular weight excluding hydrogens is 82.9 g/mol. The van der Waals surface area contributed by atoms with Gasteiger partial charge >= 0.3 is 0 Å². The van der Waals surface area contributed by atoms with E-state index in [1.165, 1.54) is 6.32 Å². The lowest BCUT2D eigenvalue weighted by Gasteiger charge is -2.06. The minimum Gasteiger partial charge on any atom is -0.0859 e. The zero-order valence-corrected chi connectivity index (χ0v) is 5.86. The van der Waals surface area contributed by atoms with Crippen molar-refractivity contribution in [3.05, 3.63) is 0 Å².